The summed E-state index contributed by atoms with van der Waals surface area (Å²) in [5.41, 5.74) is 1.14. The topological polar surface area (TPSA) is 30.7 Å². The summed E-state index contributed by atoms with van der Waals surface area (Å²) in [4.78, 5) is 14.8. The molecule has 0 amide bonds. The van der Waals surface area contributed by atoms with E-state index in [0.717, 1.165) is 17.7 Å². The maximum absolute atomic E-state index is 13.3. The van der Waals surface area contributed by atoms with Crippen LogP contribution in [-0.2, 0) is 14.9 Å². The molecule has 1 atom stereocenters. The number of carbonyl (C=O) groups excluding carboxylic acids is 1. The molecule has 0 aromatic heterocycles. The minimum atomic E-state index is -0.798. The number of hydrogen-bond donors (Lipinski definition) is 1. The Balaban J connectivity index is 1.79. The fraction of sp³-hybridized carbons (Fsp3) is 0.435. The van der Waals surface area contributed by atoms with E-state index in [1.54, 1.807) is 4.90 Å². The maximum atomic E-state index is 13.3. The number of nitrogens with one attached hydrogen (secondary N) is 1. The Morgan fingerprint density at radius 2 is 1.46 bits per heavy atom. The lowest BCUT2D eigenvalue weighted by Crippen LogP contribution is -3.13. The minimum absolute atomic E-state index is 0.0812. The van der Waals surface area contributed by atoms with Gasteiger partial charge in [0.1, 0.15) is 18.1 Å². The van der Waals surface area contributed by atoms with Crippen LogP contribution in [0.5, 0.6) is 0 Å². The van der Waals surface area contributed by atoms with E-state index in [2.05, 4.69) is 0 Å². The molecule has 1 aliphatic heterocycles. The Bertz CT molecular complexity index is 653. The van der Waals surface area contributed by atoms with Crippen molar-refractivity contribution in [2.24, 2.45) is 0 Å². The van der Waals surface area contributed by atoms with Crippen molar-refractivity contribution in [2.75, 3.05) is 19.6 Å². The molecule has 2 aromatic rings. The van der Waals surface area contributed by atoms with E-state index in [1.165, 1.54) is 32.4 Å². The van der Waals surface area contributed by atoms with Gasteiger partial charge in [0, 0.05) is 0 Å². The summed E-state index contributed by atoms with van der Waals surface area (Å²) in [6.45, 7) is 7.27. The molecule has 0 aliphatic carbocycles. The number of rotatable bonds is 6. The molecule has 1 aliphatic rings. The van der Waals surface area contributed by atoms with Crippen LogP contribution in [0.25, 0.3) is 0 Å². The Labute approximate surface area is 157 Å². The summed E-state index contributed by atoms with van der Waals surface area (Å²) in [5.74, 6) is -0.168. The highest BCUT2D eigenvalue weighted by molar-refractivity contribution is 5.87. The third kappa shape index (κ3) is 4.16. The van der Waals surface area contributed by atoms with Gasteiger partial charge in [-0.25, -0.2) is 0 Å². The van der Waals surface area contributed by atoms with Crippen molar-refractivity contribution in [2.45, 2.75) is 44.6 Å². The van der Waals surface area contributed by atoms with Crippen molar-refractivity contribution >= 4 is 5.97 Å². The lowest BCUT2D eigenvalue weighted by Gasteiger charge is -2.31. The highest BCUT2D eigenvalue weighted by Gasteiger charge is 2.39. The molecule has 26 heavy (non-hydrogen) atoms. The summed E-state index contributed by atoms with van der Waals surface area (Å²) in [7, 11) is 0. The number of ether oxygens (including phenoxy) is 1. The van der Waals surface area contributed by atoms with Crippen LogP contribution in [-0.4, -0.2) is 31.7 Å². The Morgan fingerprint density at radius 3 is 1.96 bits per heavy atom. The van der Waals surface area contributed by atoms with Gasteiger partial charge in [0.15, 0.2) is 0 Å². The monoisotopic (exact) mass is 352 g/mol. The minimum Gasteiger partial charge on any atom is -0.456 e. The molecule has 1 unspecified atom stereocenters. The van der Waals surface area contributed by atoms with E-state index in [-0.39, 0.29) is 12.1 Å². The maximum Gasteiger partial charge on any atom is 0.321 e. The SMILES string of the molecule is CC(C[NH+]1CCCCC1)OC(=O)C(C)(c1ccccc1)c1ccccc1. The highest BCUT2D eigenvalue weighted by atomic mass is 16.5. The van der Waals surface area contributed by atoms with E-state index in [4.69, 9.17) is 4.74 Å². The first-order valence-electron chi connectivity index (χ1n) is 9.76. The average molecular weight is 352 g/mol. The van der Waals surface area contributed by atoms with Crippen LogP contribution in [0.3, 0.4) is 0 Å². The van der Waals surface area contributed by atoms with Gasteiger partial charge < -0.3 is 9.64 Å². The molecule has 3 nitrogen and oxygen atoms in total. The van der Waals surface area contributed by atoms with Gasteiger partial charge in [-0.15, -0.1) is 0 Å². The Morgan fingerprint density at radius 1 is 0.962 bits per heavy atom. The van der Waals surface area contributed by atoms with Gasteiger partial charge in [0.2, 0.25) is 0 Å². The molecule has 0 bridgehead atoms. The van der Waals surface area contributed by atoms with Crippen LogP contribution in [0, 0.1) is 0 Å². The number of benzene rings is 2. The van der Waals surface area contributed by atoms with Crippen LogP contribution < -0.4 is 4.90 Å². The fourth-order valence-corrected chi connectivity index (χ4v) is 3.95. The Kier molecular flexibility index (Phi) is 6.10. The first-order chi connectivity index (χ1) is 12.6. The van der Waals surface area contributed by atoms with Gasteiger partial charge in [0.05, 0.1) is 13.1 Å². The van der Waals surface area contributed by atoms with Crippen molar-refractivity contribution in [1.82, 2.24) is 0 Å². The quantitative estimate of drug-likeness (QED) is 0.810. The van der Waals surface area contributed by atoms with Gasteiger partial charge in [-0.05, 0) is 44.2 Å². The first kappa shape index (κ1) is 18.7. The molecule has 0 spiro atoms. The third-order valence-corrected chi connectivity index (χ3v) is 5.56. The number of hydrogen-bond acceptors (Lipinski definition) is 2. The molecule has 1 N–H and O–H groups in total. The van der Waals surface area contributed by atoms with Crippen molar-refractivity contribution in [1.29, 1.82) is 0 Å². The Hall–Kier alpha value is -2.13. The fourth-order valence-electron chi connectivity index (χ4n) is 3.95. The summed E-state index contributed by atoms with van der Waals surface area (Å²) >= 11 is 0. The summed E-state index contributed by atoms with van der Waals surface area (Å²) < 4.78 is 5.97. The van der Waals surface area contributed by atoms with E-state index >= 15 is 0 Å². The standard InChI is InChI=1S/C23H29NO2/c1-19(18-24-16-10-5-11-17-24)26-22(25)23(2,20-12-6-3-7-13-20)21-14-8-4-9-15-21/h3-4,6-9,12-15,19H,5,10-11,16-18H2,1-2H3/p+1. The van der Waals surface area contributed by atoms with Crippen LogP contribution in [0.15, 0.2) is 60.7 Å². The molecule has 1 saturated heterocycles. The summed E-state index contributed by atoms with van der Waals surface area (Å²) in [6, 6.07) is 19.9. The molecular weight excluding hydrogens is 322 g/mol. The largest absolute Gasteiger partial charge is 0.456 e. The predicted molar refractivity (Wildman–Crippen MR) is 104 cm³/mol. The number of likely N-dealkylation sites (tertiary alicyclic amines) is 1. The molecule has 0 radical (unpaired) electrons. The number of esters is 1. The second kappa shape index (κ2) is 8.50. The van der Waals surface area contributed by atoms with Crippen LogP contribution in [0.2, 0.25) is 0 Å². The predicted octanol–water partition coefficient (Wildman–Crippen LogP) is 2.99. The second-order valence-electron chi connectivity index (χ2n) is 7.59. The molecule has 138 valence electrons. The van der Waals surface area contributed by atoms with Gasteiger partial charge in [-0.2, -0.15) is 0 Å². The smallest absolute Gasteiger partial charge is 0.321 e. The van der Waals surface area contributed by atoms with Crippen LogP contribution in [0.4, 0.5) is 0 Å². The van der Waals surface area contributed by atoms with Crippen molar-refractivity contribution in [3.8, 4) is 0 Å². The molecular formula is C23H30NO2+. The zero-order valence-electron chi connectivity index (χ0n) is 15.9. The van der Waals surface area contributed by atoms with E-state index in [9.17, 15) is 4.79 Å². The normalized spacial score (nSPS) is 16.8. The van der Waals surface area contributed by atoms with E-state index in [0.29, 0.717) is 0 Å². The van der Waals surface area contributed by atoms with Crippen LogP contribution in [0.1, 0.15) is 44.2 Å². The number of carbonyl (C=O) groups is 1. The van der Waals surface area contributed by atoms with Crippen LogP contribution >= 0.6 is 0 Å². The lowest BCUT2D eigenvalue weighted by atomic mass is 9.76. The third-order valence-electron chi connectivity index (χ3n) is 5.56. The van der Waals surface area contributed by atoms with E-state index in [1.807, 2.05) is 74.5 Å². The molecule has 3 rings (SSSR count). The van der Waals surface area contributed by atoms with Gasteiger partial charge >= 0.3 is 5.97 Å². The van der Waals surface area contributed by atoms with Gasteiger partial charge in [-0.1, -0.05) is 60.7 Å². The number of piperidine rings is 1. The number of quaternary nitrogens is 1. The molecule has 3 heteroatoms. The molecule has 1 fully saturated rings. The summed E-state index contributed by atoms with van der Waals surface area (Å²) in [5, 5.41) is 0. The molecule has 0 saturated carbocycles. The zero-order valence-corrected chi connectivity index (χ0v) is 15.9. The van der Waals surface area contributed by atoms with Gasteiger partial charge in [0.25, 0.3) is 0 Å². The van der Waals surface area contributed by atoms with Crippen molar-refractivity contribution in [3.05, 3.63) is 71.8 Å². The average Bonchev–Trinajstić information content (AvgIpc) is 2.69. The van der Waals surface area contributed by atoms with Crippen molar-refractivity contribution < 1.29 is 14.4 Å². The highest BCUT2D eigenvalue weighted by Crippen LogP contribution is 2.33. The molecule has 1 heterocycles. The first-order valence-corrected chi connectivity index (χ1v) is 9.76. The summed E-state index contributed by atoms with van der Waals surface area (Å²) in [6.07, 6.45) is 3.81. The van der Waals surface area contributed by atoms with E-state index < -0.39 is 5.41 Å². The lowest BCUT2D eigenvalue weighted by molar-refractivity contribution is -0.907. The van der Waals surface area contributed by atoms with Crippen molar-refractivity contribution in [3.63, 3.8) is 0 Å². The zero-order chi connectivity index (χ0) is 18.4. The second-order valence-corrected chi connectivity index (χ2v) is 7.59. The molecule has 2 aromatic carbocycles. The van der Waals surface area contributed by atoms with Gasteiger partial charge in [-0.3, -0.25) is 4.79 Å².